The highest BCUT2D eigenvalue weighted by molar-refractivity contribution is 7.99. The molecule has 0 spiro atoms. The molecule has 3 aromatic rings. The molecular formula is C18H16ClFN4OS. The van der Waals surface area contributed by atoms with E-state index in [0.717, 1.165) is 11.4 Å². The Balaban J connectivity index is 1.64. The Labute approximate surface area is 159 Å². The molecule has 3 rings (SSSR count). The molecule has 1 N–H and O–H groups in total. The number of hydrogen-bond donors (Lipinski definition) is 1. The molecule has 0 saturated heterocycles. The number of anilines is 1. The van der Waals surface area contributed by atoms with Crippen molar-refractivity contribution in [3.05, 3.63) is 70.8 Å². The second-order valence-corrected chi connectivity index (χ2v) is 6.94. The molecule has 2 aromatic carbocycles. The van der Waals surface area contributed by atoms with Gasteiger partial charge in [-0.1, -0.05) is 53.7 Å². The van der Waals surface area contributed by atoms with E-state index in [1.807, 2.05) is 41.8 Å². The number of aryl methyl sites for hydroxylation is 1. The Morgan fingerprint density at radius 2 is 2.00 bits per heavy atom. The molecule has 0 fully saturated rings. The highest BCUT2D eigenvalue weighted by Crippen LogP contribution is 2.22. The van der Waals surface area contributed by atoms with Gasteiger partial charge >= 0.3 is 0 Å². The van der Waals surface area contributed by atoms with Gasteiger partial charge in [0.2, 0.25) is 5.91 Å². The first kappa shape index (κ1) is 18.4. The third kappa shape index (κ3) is 4.62. The Hall–Kier alpha value is -2.38. The molecule has 0 atom stereocenters. The Morgan fingerprint density at radius 3 is 2.77 bits per heavy atom. The van der Waals surface area contributed by atoms with E-state index in [1.165, 1.54) is 30.0 Å². The molecule has 0 aliphatic rings. The molecule has 8 heteroatoms. The maximum absolute atomic E-state index is 13.7. The van der Waals surface area contributed by atoms with Crippen molar-refractivity contribution >= 4 is 35.0 Å². The number of halogens is 2. The zero-order valence-corrected chi connectivity index (χ0v) is 15.5. The SMILES string of the molecule is Cc1nnc(SCC(=O)Nc2cc(Cl)ccc2F)n1Cc1ccccc1. The topological polar surface area (TPSA) is 59.8 Å². The van der Waals surface area contributed by atoms with Crippen molar-refractivity contribution in [3.8, 4) is 0 Å². The highest BCUT2D eigenvalue weighted by Gasteiger charge is 2.13. The van der Waals surface area contributed by atoms with Gasteiger partial charge < -0.3 is 9.88 Å². The van der Waals surface area contributed by atoms with E-state index in [2.05, 4.69) is 15.5 Å². The first-order chi connectivity index (χ1) is 12.5. The van der Waals surface area contributed by atoms with Gasteiger partial charge in [0.1, 0.15) is 11.6 Å². The van der Waals surface area contributed by atoms with Crippen LogP contribution in [0.2, 0.25) is 5.02 Å². The third-order valence-electron chi connectivity index (χ3n) is 3.62. The van der Waals surface area contributed by atoms with Crippen LogP contribution in [0.3, 0.4) is 0 Å². The summed E-state index contributed by atoms with van der Waals surface area (Å²) in [6.07, 6.45) is 0. The van der Waals surface area contributed by atoms with E-state index in [0.29, 0.717) is 16.7 Å². The summed E-state index contributed by atoms with van der Waals surface area (Å²) in [7, 11) is 0. The van der Waals surface area contributed by atoms with Gasteiger partial charge in [0, 0.05) is 5.02 Å². The fraction of sp³-hybridized carbons (Fsp3) is 0.167. The number of carbonyl (C=O) groups is 1. The average molecular weight is 391 g/mol. The summed E-state index contributed by atoms with van der Waals surface area (Å²) in [5.74, 6) is -0.0321. The summed E-state index contributed by atoms with van der Waals surface area (Å²) in [4.78, 5) is 12.1. The number of amides is 1. The molecular weight excluding hydrogens is 375 g/mol. The van der Waals surface area contributed by atoms with Crippen LogP contribution in [0.15, 0.2) is 53.7 Å². The second kappa shape index (κ2) is 8.33. The summed E-state index contributed by atoms with van der Waals surface area (Å²) >= 11 is 7.08. The fourth-order valence-corrected chi connectivity index (χ4v) is 3.28. The van der Waals surface area contributed by atoms with E-state index in [4.69, 9.17) is 11.6 Å². The molecule has 0 saturated carbocycles. The van der Waals surface area contributed by atoms with Gasteiger partial charge in [0.15, 0.2) is 5.16 Å². The standard InChI is InChI=1S/C18H16ClFN4OS/c1-12-22-23-18(24(12)10-13-5-3-2-4-6-13)26-11-17(25)21-16-9-14(19)7-8-15(16)20/h2-9H,10-11H2,1H3,(H,21,25). The van der Waals surface area contributed by atoms with Crippen molar-refractivity contribution in [2.75, 3.05) is 11.1 Å². The van der Waals surface area contributed by atoms with Crippen molar-refractivity contribution in [1.29, 1.82) is 0 Å². The van der Waals surface area contributed by atoms with Crippen LogP contribution in [-0.4, -0.2) is 26.4 Å². The van der Waals surface area contributed by atoms with Gasteiger partial charge in [-0.2, -0.15) is 0 Å². The van der Waals surface area contributed by atoms with Crippen LogP contribution < -0.4 is 5.32 Å². The van der Waals surface area contributed by atoms with Crippen LogP contribution >= 0.6 is 23.4 Å². The van der Waals surface area contributed by atoms with Gasteiger partial charge in [-0.05, 0) is 30.7 Å². The zero-order chi connectivity index (χ0) is 18.5. The summed E-state index contributed by atoms with van der Waals surface area (Å²) in [5, 5.41) is 11.7. The first-order valence-electron chi connectivity index (χ1n) is 7.84. The molecule has 26 heavy (non-hydrogen) atoms. The largest absolute Gasteiger partial charge is 0.323 e. The lowest BCUT2D eigenvalue weighted by Gasteiger charge is -2.09. The van der Waals surface area contributed by atoms with Crippen LogP contribution in [0.1, 0.15) is 11.4 Å². The monoisotopic (exact) mass is 390 g/mol. The van der Waals surface area contributed by atoms with E-state index in [1.54, 1.807) is 0 Å². The van der Waals surface area contributed by atoms with E-state index >= 15 is 0 Å². The molecule has 0 radical (unpaired) electrons. The number of hydrogen-bond acceptors (Lipinski definition) is 4. The lowest BCUT2D eigenvalue weighted by atomic mass is 10.2. The lowest BCUT2D eigenvalue weighted by Crippen LogP contribution is -2.15. The van der Waals surface area contributed by atoms with Gasteiger partial charge in [-0.25, -0.2) is 4.39 Å². The van der Waals surface area contributed by atoms with Crippen LogP contribution in [0.5, 0.6) is 0 Å². The van der Waals surface area contributed by atoms with Gasteiger partial charge in [-0.3, -0.25) is 4.79 Å². The number of nitrogens with zero attached hydrogens (tertiary/aromatic N) is 3. The number of carbonyl (C=O) groups excluding carboxylic acids is 1. The summed E-state index contributed by atoms with van der Waals surface area (Å²) in [5.41, 5.74) is 1.17. The van der Waals surface area contributed by atoms with E-state index < -0.39 is 5.82 Å². The minimum Gasteiger partial charge on any atom is -0.323 e. The number of benzene rings is 2. The van der Waals surface area contributed by atoms with Gasteiger partial charge in [0.05, 0.1) is 18.0 Å². The average Bonchev–Trinajstić information content (AvgIpc) is 2.97. The molecule has 134 valence electrons. The van der Waals surface area contributed by atoms with Crippen LogP contribution in [0.25, 0.3) is 0 Å². The number of aromatic nitrogens is 3. The number of thioether (sulfide) groups is 1. The first-order valence-corrected chi connectivity index (χ1v) is 9.20. The maximum atomic E-state index is 13.7. The van der Waals surface area contributed by atoms with Crippen molar-refractivity contribution in [1.82, 2.24) is 14.8 Å². The van der Waals surface area contributed by atoms with Crippen LogP contribution in [-0.2, 0) is 11.3 Å². The van der Waals surface area contributed by atoms with Crippen molar-refractivity contribution < 1.29 is 9.18 Å². The quantitative estimate of drug-likeness (QED) is 0.642. The maximum Gasteiger partial charge on any atom is 0.234 e. The lowest BCUT2D eigenvalue weighted by molar-refractivity contribution is -0.113. The Morgan fingerprint density at radius 1 is 1.23 bits per heavy atom. The van der Waals surface area contributed by atoms with Gasteiger partial charge in [-0.15, -0.1) is 10.2 Å². The molecule has 0 aliphatic heterocycles. The summed E-state index contributed by atoms with van der Waals surface area (Å²) in [6.45, 7) is 2.48. The van der Waals surface area contributed by atoms with Crippen LogP contribution in [0.4, 0.5) is 10.1 Å². The second-order valence-electron chi connectivity index (χ2n) is 5.56. The smallest absolute Gasteiger partial charge is 0.234 e. The van der Waals surface area contributed by atoms with Gasteiger partial charge in [0.25, 0.3) is 0 Å². The predicted molar refractivity (Wildman–Crippen MR) is 101 cm³/mol. The van der Waals surface area contributed by atoms with E-state index in [9.17, 15) is 9.18 Å². The highest BCUT2D eigenvalue weighted by atomic mass is 35.5. The van der Waals surface area contributed by atoms with Crippen LogP contribution in [0, 0.1) is 12.7 Å². The van der Waals surface area contributed by atoms with E-state index in [-0.39, 0.29) is 17.3 Å². The molecule has 0 bridgehead atoms. The molecule has 1 aromatic heterocycles. The fourth-order valence-electron chi connectivity index (χ4n) is 2.33. The minimum atomic E-state index is -0.532. The normalized spacial score (nSPS) is 10.7. The zero-order valence-electron chi connectivity index (χ0n) is 13.9. The van der Waals surface area contributed by atoms with Crippen molar-refractivity contribution in [2.24, 2.45) is 0 Å². The third-order valence-corrected chi connectivity index (χ3v) is 4.82. The molecule has 0 aliphatic carbocycles. The van der Waals surface area contributed by atoms with Crippen molar-refractivity contribution in [2.45, 2.75) is 18.6 Å². The number of rotatable bonds is 6. The number of nitrogens with one attached hydrogen (secondary N) is 1. The Kier molecular flexibility index (Phi) is 5.90. The van der Waals surface area contributed by atoms with Crippen molar-refractivity contribution in [3.63, 3.8) is 0 Å². The molecule has 0 unspecified atom stereocenters. The summed E-state index contributed by atoms with van der Waals surface area (Å²) in [6, 6.07) is 13.9. The summed E-state index contributed by atoms with van der Waals surface area (Å²) < 4.78 is 15.6. The predicted octanol–water partition coefficient (Wildman–Crippen LogP) is 4.16. The minimum absolute atomic E-state index is 0.0602. The Bertz CT molecular complexity index is 917. The molecule has 1 amide bonds. The molecule has 1 heterocycles. The molecule has 5 nitrogen and oxygen atoms in total.